The summed E-state index contributed by atoms with van der Waals surface area (Å²) in [5.41, 5.74) is 7.20. The molecule has 0 radical (unpaired) electrons. The Bertz CT molecular complexity index is 681. The molecule has 0 aromatic heterocycles. The fraction of sp³-hybridized carbons (Fsp3) is 0. The van der Waals surface area contributed by atoms with E-state index in [1.54, 1.807) is 0 Å². The fourth-order valence-corrected chi connectivity index (χ4v) is 2.58. The van der Waals surface area contributed by atoms with Gasteiger partial charge in [-0.25, -0.2) is 0 Å². The Morgan fingerprint density at radius 2 is 1.65 bits per heavy atom. The molecule has 1 heterocycles. The molecule has 2 nitrogen and oxygen atoms in total. The topological polar surface area (TPSA) is 24.4 Å². The number of fused-ring (bicyclic) bond motifs is 3. The first kappa shape index (κ1) is 8.76. The average molecular weight is 218 g/mol. The van der Waals surface area contributed by atoms with Crippen molar-refractivity contribution < 1.29 is 0 Å². The van der Waals surface area contributed by atoms with Crippen LogP contribution in [0.3, 0.4) is 0 Å². The van der Waals surface area contributed by atoms with Crippen LogP contribution in [-0.4, -0.2) is 5.71 Å². The third-order valence-electron chi connectivity index (χ3n) is 3.29. The maximum absolute atomic E-state index is 4.55. The van der Waals surface area contributed by atoms with Crippen molar-refractivity contribution in [3.8, 4) is 11.1 Å². The van der Waals surface area contributed by atoms with Gasteiger partial charge in [-0.3, -0.25) is 4.99 Å². The maximum Gasteiger partial charge on any atom is 0.0808 e. The van der Waals surface area contributed by atoms with E-state index in [0.717, 1.165) is 11.4 Å². The van der Waals surface area contributed by atoms with Crippen LogP contribution in [0.25, 0.3) is 11.1 Å². The number of nitrogens with zero attached hydrogens (tertiary/aromatic N) is 1. The molecule has 2 aromatic rings. The zero-order chi connectivity index (χ0) is 11.2. The van der Waals surface area contributed by atoms with Gasteiger partial charge in [-0.05, 0) is 17.2 Å². The number of hydrogen-bond acceptors (Lipinski definition) is 2. The molecule has 0 saturated heterocycles. The highest BCUT2D eigenvalue weighted by Gasteiger charge is 2.26. The van der Waals surface area contributed by atoms with Crippen LogP contribution in [0.5, 0.6) is 0 Å². The number of aliphatic imine (C=N–C) groups is 1. The Kier molecular flexibility index (Phi) is 1.59. The fourth-order valence-electron chi connectivity index (χ4n) is 2.58. The predicted molar refractivity (Wildman–Crippen MR) is 70.3 cm³/mol. The van der Waals surface area contributed by atoms with Crippen LogP contribution in [0.1, 0.15) is 11.1 Å². The van der Waals surface area contributed by atoms with Gasteiger partial charge in [0.25, 0.3) is 0 Å². The van der Waals surface area contributed by atoms with Crippen molar-refractivity contribution in [2.45, 2.75) is 0 Å². The van der Waals surface area contributed by atoms with Crippen molar-refractivity contribution in [1.29, 1.82) is 0 Å². The van der Waals surface area contributed by atoms with Gasteiger partial charge in [-0.1, -0.05) is 36.4 Å². The van der Waals surface area contributed by atoms with Crippen LogP contribution in [0.2, 0.25) is 0 Å². The second kappa shape index (κ2) is 3.08. The summed E-state index contributed by atoms with van der Waals surface area (Å²) >= 11 is 0. The van der Waals surface area contributed by atoms with E-state index in [4.69, 9.17) is 0 Å². The molecule has 0 amide bonds. The van der Waals surface area contributed by atoms with E-state index in [0.29, 0.717) is 0 Å². The Labute approximate surface area is 99.3 Å². The van der Waals surface area contributed by atoms with Crippen molar-refractivity contribution in [3.63, 3.8) is 0 Å². The lowest BCUT2D eigenvalue weighted by Crippen LogP contribution is -1.99. The van der Waals surface area contributed by atoms with E-state index in [1.165, 1.54) is 22.3 Å². The van der Waals surface area contributed by atoms with Crippen molar-refractivity contribution >= 4 is 11.4 Å². The van der Waals surface area contributed by atoms with Gasteiger partial charge in [-0.2, -0.15) is 0 Å². The molecule has 0 atom stereocenters. The van der Waals surface area contributed by atoms with Crippen LogP contribution in [-0.2, 0) is 0 Å². The summed E-state index contributed by atoms with van der Waals surface area (Å²) in [5.74, 6) is 0. The summed E-state index contributed by atoms with van der Waals surface area (Å²) in [6, 6.07) is 14.8. The molecule has 0 saturated carbocycles. The Hall–Kier alpha value is -2.35. The lowest BCUT2D eigenvalue weighted by molar-refractivity contribution is 1.53. The summed E-state index contributed by atoms with van der Waals surface area (Å²) in [6.45, 7) is 0. The molecule has 1 aliphatic carbocycles. The van der Waals surface area contributed by atoms with E-state index in [1.807, 2.05) is 12.4 Å². The van der Waals surface area contributed by atoms with Crippen molar-refractivity contribution in [2.75, 3.05) is 5.32 Å². The number of hydrogen-bond donors (Lipinski definition) is 1. The van der Waals surface area contributed by atoms with Gasteiger partial charge in [0.2, 0.25) is 0 Å². The summed E-state index contributed by atoms with van der Waals surface area (Å²) in [4.78, 5) is 4.55. The van der Waals surface area contributed by atoms with E-state index < -0.39 is 0 Å². The third kappa shape index (κ3) is 1.07. The zero-order valence-corrected chi connectivity index (χ0v) is 9.14. The molecule has 2 heteroatoms. The van der Waals surface area contributed by atoms with Gasteiger partial charge < -0.3 is 5.32 Å². The molecule has 0 unspecified atom stereocenters. The molecule has 1 aliphatic heterocycles. The van der Waals surface area contributed by atoms with Gasteiger partial charge >= 0.3 is 0 Å². The summed E-state index contributed by atoms with van der Waals surface area (Å²) in [6.07, 6.45) is 3.70. The Balaban J connectivity index is 2.18. The van der Waals surface area contributed by atoms with Crippen LogP contribution in [0, 0.1) is 0 Å². The second-order valence-corrected chi connectivity index (χ2v) is 4.21. The molecule has 1 N–H and O–H groups in total. The van der Waals surface area contributed by atoms with E-state index >= 15 is 0 Å². The minimum absolute atomic E-state index is 1.08. The SMILES string of the molecule is C1=CNc2cccc3c2C(=N1)c1ccccc1-3. The molecule has 80 valence electrons. The zero-order valence-electron chi connectivity index (χ0n) is 9.14. The molecule has 2 aliphatic rings. The molecule has 0 fully saturated rings. The van der Waals surface area contributed by atoms with Crippen LogP contribution < -0.4 is 5.32 Å². The van der Waals surface area contributed by atoms with E-state index in [2.05, 4.69) is 52.8 Å². The highest BCUT2D eigenvalue weighted by molar-refractivity contribution is 6.27. The number of anilines is 1. The lowest BCUT2D eigenvalue weighted by Gasteiger charge is -2.06. The van der Waals surface area contributed by atoms with Gasteiger partial charge in [-0.15, -0.1) is 0 Å². The monoisotopic (exact) mass is 218 g/mol. The number of benzene rings is 2. The van der Waals surface area contributed by atoms with Gasteiger partial charge in [0.15, 0.2) is 0 Å². The molecule has 4 rings (SSSR count). The van der Waals surface area contributed by atoms with Gasteiger partial charge in [0.05, 0.1) is 5.71 Å². The normalized spacial score (nSPS) is 14.5. The Morgan fingerprint density at radius 3 is 2.59 bits per heavy atom. The van der Waals surface area contributed by atoms with Crippen molar-refractivity contribution in [3.05, 3.63) is 66.0 Å². The third-order valence-corrected chi connectivity index (χ3v) is 3.29. The standard InChI is InChI=1S/C15H10N2/c1-2-5-12-10(4-1)11-6-3-7-13-14(11)15(12)17-9-8-16-13/h1-9,16H. The van der Waals surface area contributed by atoms with Gasteiger partial charge in [0.1, 0.15) is 0 Å². The average Bonchev–Trinajstić information content (AvgIpc) is 2.56. The molecule has 17 heavy (non-hydrogen) atoms. The maximum atomic E-state index is 4.55. The molecule has 0 bridgehead atoms. The number of nitrogens with one attached hydrogen (secondary N) is 1. The molecule has 0 spiro atoms. The predicted octanol–water partition coefficient (Wildman–Crippen LogP) is 3.40. The van der Waals surface area contributed by atoms with Crippen LogP contribution in [0.15, 0.2) is 59.9 Å². The lowest BCUT2D eigenvalue weighted by atomic mass is 10.0. The summed E-state index contributed by atoms with van der Waals surface area (Å²) in [5, 5.41) is 3.28. The minimum Gasteiger partial charge on any atom is -0.360 e. The smallest absolute Gasteiger partial charge is 0.0808 e. The highest BCUT2D eigenvalue weighted by Crippen LogP contribution is 2.41. The first-order valence-electron chi connectivity index (χ1n) is 5.68. The van der Waals surface area contributed by atoms with Gasteiger partial charge in [0, 0.05) is 29.2 Å². The molecular weight excluding hydrogens is 208 g/mol. The quantitative estimate of drug-likeness (QED) is 0.614. The highest BCUT2D eigenvalue weighted by atomic mass is 14.9. The van der Waals surface area contributed by atoms with Crippen molar-refractivity contribution in [1.82, 2.24) is 0 Å². The van der Waals surface area contributed by atoms with Crippen molar-refractivity contribution in [2.24, 2.45) is 4.99 Å². The Morgan fingerprint density at radius 1 is 0.824 bits per heavy atom. The summed E-state index contributed by atoms with van der Waals surface area (Å²) < 4.78 is 0. The minimum atomic E-state index is 1.08. The largest absolute Gasteiger partial charge is 0.360 e. The number of rotatable bonds is 0. The first-order valence-corrected chi connectivity index (χ1v) is 5.68. The van der Waals surface area contributed by atoms with Crippen LogP contribution >= 0.6 is 0 Å². The summed E-state index contributed by atoms with van der Waals surface area (Å²) in [7, 11) is 0. The first-order chi connectivity index (χ1) is 8.45. The van der Waals surface area contributed by atoms with Crippen LogP contribution in [0.4, 0.5) is 5.69 Å². The van der Waals surface area contributed by atoms with E-state index in [9.17, 15) is 0 Å². The van der Waals surface area contributed by atoms with E-state index in [-0.39, 0.29) is 0 Å². The second-order valence-electron chi connectivity index (χ2n) is 4.21. The molecule has 2 aromatic carbocycles. The molecular formula is C15H10N2.